The number of halogens is 1. The second-order valence-corrected chi connectivity index (χ2v) is 5.68. The third kappa shape index (κ3) is 2.73. The van der Waals surface area contributed by atoms with Crippen molar-refractivity contribution in [3.05, 3.63) is 50.1 Å². The molecule has 2 aromatic rings. The summed E-state index contributed by atoms with van der Waals surface area (Å²) in [7, 11) is 0. The van der Waals surface area contributed by atoms with Gasteiger partial charge in [0.25, 0.3) is 0 Å². The number of carbonyl (C=O) groups is 1. The van der Waals surface area contributed by atoms with Gasteiger partial charge in [-0.15, -0.1) is 11.3 Å². The van der Waals surface area contributed by atoms with E-state index in [9.17, 15) is 4.79 Å². The molecule has 0 spiro atoms. The molecule has 94 valence electrons. The monoisotopic (exact) mass is 325 g/mol. The fraction of sp³-hybridized carbons (Fsp3) is 0.154. The number of hydrogen-bond acceptors (Lipinski definition) is 3. The van der Waals surface area contributed by atoms with E-state index in [1.165, 1.54) is 4.88 Å². The highest BCUT2D eigenvalue weighted by Crippen LogP contribution is 2.25. The lowest BCUT2D eigenvalue weighted by Crippen LogP contribution is -2.05. The van der Waals surface area contributed by atoms with Crippen LogP contribution in [0, 0.1) is 6.92 Å². The molecule has 0 amide bonds. The lowest BCUT2D eigenvalue weighted by molar-refractivity contribution is 0.0696. The quantitative estimate of drug-likeness (QED) is 0.888. The smallest absolute Gasteiger partial charge is 0.336 e. The van der Waals surface area contributed by atoms with Crippen molar-refractivity contribution < 1.29 is 9.90 Å². The van der Waals surface area contributed by atoms with E-state index in [-0.39, 0.29) is 0 Å². The maximum absolute atomic E-state index is 11.0. The van der Waals surface area contributed by atoms with Crippen LogP contribution in [0.25, 0.3) is 0 Å². The number of anilines is 1. The Labute approximate surface area is 118 Å². The van der Waals surface area contributed by atoms with Gasteiger partial charge >= 0.3 is 5.97 Å². The number of carboxylic acids is 1. The van der Waals surface area contributed by atoms with E-state index < -0.39 is 5.97 Å². The molecular formula is C13H12BrNO2S. The van der Waals surface area contributed by atoms with Crippen LogP contribution in [-0.2, 0) is 6.54 Å². The molecule has 0 fully saturated rings. The summed E-state index contributed by atoms with van der Waals surface area (Å²) in [4.78, 5) is 12.2. The van der Waals surface area contributed by atoms with Gasteiger partial charge in [-0.1, -0.05) is 6.07 Å². The van der Waals surface area contributed by atoms with Crippen LogP contribution in [0.15, 0.2) is 34.1 Å². The van der Waals surface area contributed by atoms with Crippen LogP contribution in [0.4, 0.5) is 5.69 Å². The van der Waals surface area contributed by atoms with Gasteiger partial charge in [0.15, 0.2) is 0 Å². The first-order valence-corrected chi connectivity index (χ1v) is 7.05. The largest absolute Gasteiger partial charge is 0.478 e. The van der Waals surface area contributed by atoms with Crippen LogP contribution in [-0.4, -0.2) is 11.1 Å². The first kappa shape index (κ1) is 13.1. The molecule has 0 unspecified atom stereocenters. The highest BCUT2D eigenvalue weighted by atomic mass is 79.9. The van der Waals surface area contributed by atoms with E-state index in [2.05, 4.69) is 21.2 Å². The maximum Gasteiger partial charge on any atom is 0.336 e. The summed E-state index contributed by atoms with van der Waals surface area (Å²) in [6.45, 7) is 2.50. The average molecular weight is 326 g/mol. The lowest BCUT2D eigenvalue weighted by atomic mass is 10.1. The van der Waals surface area contributed by atoms with Gasteiger partial charge in [0.2, 0.25) is 0 Å². The number of aromatic carboxylic acids is 1. The molecule has 5 heteroatoms. The van der Waals surface area contributed by atoms with E-state index in [4.69, 9.17) is 5.11 Å². The highest BCUT2D eigenvalue weighted by Gasteiger charge is 2.10. The van der Waals surface area contributed by atoms with Crippen molar-refractivity contribution in [1.82, 2.24) is 0 Å². The molecule has 0 aliphatic rings. The van der Waals surface area contributed by atoms with Gasteiger partial charge in [-0.05, 0) is 52.0 Å². The number of benzene rings is 1. The molecule has 0 saturated heterocycles. The third-order valence-corrected chi connectivity index (χ3v) is 4.62. The number of thiophene rings is 1. The highest BCUT2D eigenvalue weighted by molar-refractivity contribution is 9.10. The summed E-state index contributed by atoms with van der Waals surface area (Å²) in [6.07, 6.45) is 0. The SMILES string of the molecule is Cc1c(NCc2sccc2Br)cccc1C(=O)O. The molecular weight excluding hydrogens is 314 g/mol. The van der Waals surface area contributed by atoms with Crippen molar-refractivity contribution in [3.8, 4) is 0 Å². The van der Waals surface area contributed by atoms with Gasteiger partial charge in [-0.2, -0.15) is 0 Å². The molecule has 2 N–H and O–H groups in total. The molecule has 0 aliphatic heterocycles. The molecule has 18 heavy (non-hydrogen) atoms. The molecule has 1 aromatic heterocycles. The zero-order valence-electron chi connectivity index (χ0n) is 9.74. The zero-order chi connectivity index (χ0) is 13.1. The molecule has 0 atom stereocenters. The molecule has 0 radical (unpaired) electrons. The van der Waals surface area contributed by atoms with Crippen LogP contribution in [0.5, 0.6) is 0 Å². The number of rotatable bonds is 4. The van der Waals surface area contributed by atoms with Gasteiger partial charge in [0.05, 0.1) is 12.1 Å². The summed E-state index contributed by atoms with van der Waals surface area (Å²) in [5.74, 6) is -0.895. The second-order valence-electron chi connectivity index (χ2n) is 3.83. The van der Waals surface area contributed by atoms with E-state index in [0.717, 1.165) is 15.7 Å². The fourth-order valence-electron chi connectivity index (χ4n) is 1.69. The van der Waals surface area contributed by atoms with Gasteiger partial charge < -0.3 is 10.4 Å². The van der Waals surface area contributed by atoms with E-state index in [0.29, 0.717) is 12.1 Å². The molecule has 0 bridgehead atoms. The first-order chi connectivity index (χ1) is 8.59. The predicted octanol–water partition coefficient (Wildman–Crippen LogP) is 4.13. The van der Waals surface area contributed by atoms with E-state index in [1.54, 1.807) is 23.5 Å². The Kier molecular flexibility index (Phi) is 4.04. The van der Waals surface area contributed by atoms with Crippen LogP contribution >= 0.6 is 27.3 Å². The minimum atomic E-state index is -0.895. The Morgan fingerprint density at radius 1 is 1.44 bits per heavy atom. The predicted molar refractivity (Wildman–Crippen MR) is 77.5 cm³/mol. The minimum absolute atomic E-state index is 0.338. The van der Waals surface area contributed by atoms with Crippen molar-refractivity contribution in [2.24, 2.45) is 0 Å². The summed E-state index contributed by atoms with van der Waals surface area (Å²) < 4.78 is 1.08. The number of hydrogen-bond donors (Lipinski definition) is 2. The van der Waals surface area contributed by atoms with E-state index in [1.807, 2.05) is 24.4 Å². The maximum atomic E-state index is 11.0. The van der Waals surface area contributed by atoms with Crippen LogP contribution in [0.2, 0.25) is 0 Å². The van der Waals surface area contributed by atoms with Gasteiger partial charge in [0, 0.05) is 15.0 Å². The topological polar surface area (TPSA) is 49.3 Å². The van der Waals surface area contributed by atoms with Crippen molar-refractivity contribution in [2.75, 3.05) is 5.32 Å². The summed E-state index contributed by atoms with van der Waals surface area (Å²) in [5, 5.41) is 14.3. The Morgan fingerprint density at radius 2 is 2.22 bits per heavy atom. The summed E-state index contributed by atoms with van der Waals surface area (Å²) >= 11 is 5.13. The van der Waals surface area contributed by atoms with Crippen molar-refractivity contribution >= 4 is 38.9 Å². The van der Waals surface area contributed by atoms with E-state index >= 15 is 0 Å². The van der Waals surface area contributed by atoms with Crippen molar-refractivity contribution in [2.45, 2.75) is 13.5 Å². The molecule has 0 aliphatic carbocycles. The van der Waals surface area contributed by atoms with Gasteiger partial charge in [-0.3, -0.25) is 0 Å². The molecule has 1 heterocycles. The van der Waals surface area contributed by atoms with Gasteiger partial charge in [0.1, 0.15) is 0 Å². The molecule has 3 nitrogen and oxygen atoms in total. The Bertz CT molecular complexity index is 580. The fourth-order valence-corrected chi connectivity index (χ4v) is 3.12. The van der Waals surface area contributed by atoms with Crippen LogP contribution in [0.1, 0.15) is 20.8 Å². The minimum Gasteiger partial charge on any atom is -0.478 e. The van der Waals surface area contributed by atoms with Crippen molar-refractivity contribution in [1.29, 1.82) is 0 Å². The van der Waals surface area contributed by atoms with Gasteiger partial charge in [-0.25, -0.2) is 4.79 Å². The van der Waals surface area contributed by atoms with Crippen molar-refractivity contribution in [3.63, 3.8) is 0 Å². The first-order valence-electron chi connectivity index (χ1n) is 5.38. The Morgan fingerprint density at radius 3 is 2.83 bits per heavy atom. The summed E-state index contributed by atoms with van der Waals surface area (Å²) in [5.41, 5.74) is 1.96. The molecule has 2 rings (SSSR count). The lowest BCUT2D eigenvalue weighted by Gasteiger charge is -2.10. The summed E-state index contributed by atoms with van der Waals surface area (Å²) in [6, 6.07) is 7.26. The van der Waals surface area contributed by atoms with Crippen LogP contribution < -0.4 is 5.32 Å². The standard InChI is InChI=1S/C13H12BrNO2S/c1-8-9(13(16)17)3-2-4-11(8)15-7-12-10(14)5-6-18-12/h2-6,15H,7H2,1H3,(H,16,17). The van der Waals surface area contributed by atoms with Crippen LogP contribution in [0.3, 0.4) is 0 Å². The Balaban J connectivity index is 2.17. The zero-order valence-corrected chi connectivity index (χ0v) is 12.1. The third-order valence-electron chi connectivity index (χ3n) is 2.69. The molecule has 0 saturated carbocycles. The second kappa shape index (κ2) is 5.54. The number of carboxylic acid groups (broad SMARTS) is 1. The Hall–Kier alpha value is -1.33. The average Bonchev–Trinajstić information content (AvgIpc) is 2.73. The number of nitrogens with one attached hydrogen (secondary N) is 1. The molecule has 1 aromatic carbocycles. The normalized spacial score (nSPS) is 10.3.